The van der Waals surface area contributed by atoms with Crippen molar-refractivity contribution in [2.45, 2.75) is 90.0 Å². The van der Waals surface area contributed by atoms with E-state index in [1.165, 1.54) is 141 Å². The molecular weight excluding hydrogens is 1570 g/mol. The number of aromatic nitrogens is 8. The SMILES string of the molecule is Cc1c(-c2c(C)c(C)c(-c3ccc(-c4ccccc4)s3)c(C)c2C)nc(-c2c(C)c(C)c(-c3ccc(-c4ccccc4)s3)c(C)c2C)nc1-c1c(C)c(C)c(-c2ccc(-c3ccccc3)s2)c(C)c1C.c1ccc(-c2nc(-c3cc(-c4nc(-c5ccccc5)c5ccccc5n4)cc(-c4nc(-c5ccccc5)c5ccccc5n4)c3)nc3ccccc23)cc1. The summed E-state index contributed by atoms with van der Waals surface area (Å²) < 4.78 is 0. The van der Waals surface area contributed by atoms with Crippen LogP contribution in [0.2, 0.25) is 0 Å². The second kappa shape index (κ2) is 33.5. The Morgan fingerprint density at radius 3 is 0.629 bits per heavy atom. The van der Waals surface area contributed by atoms with E-state index in [9.17, 15) is 0 Å². The maximum Gasteiger partial charge on any atom is 0.160 e. The average Bonchev–Trinajstić information content (AvgIpc) is 0.941. The zero-order valence-corrected chi connectivity index (χ0v) is 74.2. The summed E-state index contributed by atoms with van der Waals surface area (Å²) in [6, 6.07) is 107. The van der Waals surface area contributed by atoms with Gasteiger partial charge in [-0.1, -0.05) is 237 Å². The first kappa shape index (κ1) is 79.8. The van der Waals surface area contributed by atoms with Crippen molar-refractivity contribution in [3.05, 3.63) is 382 Å². The van der Waals surface area contributed by atoms with Gasteiger partial charge in [-0.2, -0.15) is 0 Å². The maximum absolute atomic E-state index is 5.80. The van der Waals surface area contributed by atoms with Gasteiger partial charge in [-0.05, 0) is 263 Å². The van der Waals surface area contributed by atoms with Crippen LogP contribution in [-0.2, 0) is 0 Å². The van der Waals surface area contributed by atoms with Crippen molar-refractivity contribution in [1.82, 2.24) is 39.9 Å². The van der Waals surface area contributed by atoms with Gasteiger partial charge in [0.2, 0.25) is 0 Å². The third-order valence-corrected chi connectivity index (χ3v) is 28.6. The van der Waals surface area contributed by atoms with Crippen LogP contribution in [0, 0.1) is 90.0 Å². The van der Waals surface area contributed by atoms with Gasteiger partial charge in [0.15, 0.2) is 23.3 Å². The van der Waals surface area contributed by atoms with Gasteiger partial charge in [-0.15, -0.1) is 34.0 Å². The molecule has 20 rings (SSSR count). The molecule has 0 aliphatic carbocycles. The highest BCUT2D eigenvalue weighted by Crippen LogP contribution is 2.51. The Morgan fingerprint density at radius 1 is 0.153 bits per heavy atom. The first-order chi connectivity index (χ1) is 60.4. The Balaban J connectivity index is 0.000000168. The molecule has 0 saturated carbocycles. The lowest BCUT2D eigenvalue weighted by atomic mass is 9.83. The van der Waals surface area contributed by atoms with Crippen molar-refractivity contribution >= 4 is 66.7 Å². The van der Waals surface area contributed by atoms with E-state index in [-0.39, 0.29) is 0 Å². The van der Waals surface area contributed by atoms with E-state index in [1.54, 1.807) is 0 Å². The molecule has 0 radical (unpaired) electrons. The van der Waals surface area contributed by atoms with E-state index in [2.05, 4.69) is 290 Å². The van der Waals surface area contributed by atoms with E-state index in [4.69, 9.17) is 39.9 Å². The third-order valence-electron chi connectivity index (χ3n) is 25.1. The molecule has 13 aromatic carbocycles. The van der Waals surface area contributed by atoms with Crippen LogP contribution in [0.5, 0.6) is 0 Å². The summed E-state index contributed by atoms with van der Waals surface area (Å²) >= 11 is 5.62. The van der Waals surface area contributed by atoms with Crippen LogP contribution in [0.3, 0.4) is 0 Å². The molecular formula is C113H90N8S3. The molecule has 600 valence electrons. The number of hydrogen-bond acceptors (Lipinski definition) is 11. The van der Waals surface area contributed by atoms with Gasteiger partial charge in [-0.25, -0.2) is 39.9 Å². The van der Waals surface area contributed by atoms with Crippen LogP contribution in [0.1, 0.15) is 72.3 Å². The number of para-hydroxylation sites is 3. The molecule has 20 aromatic rings. The molecule has 0 saturated heterocycles. The minimum Gasteiger partial charge on any atom is -0.228 e. The summed E-state index contributed by atoms with van der Waals surface area (Å²) in [4.78, 5) is 50.5. The zero-order valence-electron chi connectivity index (χ0n) is 71.7. The van der Waals surface area contributed by atoms with Crippen LogP contribution in [0.25, 0.3) is 197 Å². The monoisotopic (exact) mass is 1650 g/mol. The highest BCUT2D eigenvalue weighted by molar-refractivity contribution is 7.19. The number of thiophene rings is 3. The molecule has 8 nitrogen and oxygen atoms in total. The van der Waals surface area contributed by atoms with E-state index < -0.39 is 0 Å². The molecule has 0 atom stereocenters. The maximum atomic E-state index is 5.80. The van der Waals surface area contributed by atoms with Crippen LogP contribution in [0.4, 0.5) is 0 Å². The fourth-order valence-electron chi connectivity index (χ4n) is 18.0. The number of fused-ring (bicyclic) bond motifs is 3. The number of hydrogen-bond donors (Lipinski definition) is 0. The van der Waals surface area contributed by atoms with E-state index in [1.807, 2.05) is 143 Å². The summed E-state index contributed by atoms with van der Waals surface area (Å²) in [6.07, 6.45) is 0. The van der Waals surface area contributed by atoms with Crippen LogP contribution < -0.4 is 0 Å². The van der Waals surface area contributed by atoms with Gasteiger partial charge in [0.05, 0.1) is 45.0 Å². The summed E-state index contributed by atoms with van der Waals surface area (Å²) in [5.41, 5.74) is 40.3. The fraction of sp³-hybridized carbons (Fsp3) is 0.115. The lowest BCUT2D eigenvalue weighted by Crippen LogP contribution is -2.09. The largest absolute Gasteiger partial charge is 0.228 e. The van der Waals surface area contributed by atoms with Gasteiger partial charge >= 0.3 is 0 Å². The van der Waals surface area contributed by atoms with Gasteiger partial charge in [0, 0.05) is 101 Å². The van der Waals surface area contributed by atoms with Gasteiger partial charge in [-0.3, -0.25) is 0 Å². The second-order valence-corrected chi connectivity index (χ2v) is 35.6. The molecule has 0 aliphatic rings. The van der Waals surface area contributed by atoms with Gasteiger partial charge in [0.25, 0.3) is 0 Å². The Kier molecular flexibility index (Phi) is 21.5. The average molecular weight is 1660 g/mol. The van der Waals surface area contributed by atoms with Crippen molar-refractivity contribution < 1.29 is 0 Å². The summed E-state index contributed by atoms with van der Waals surface area (Å²) in [5, 5.41) is 2.96. The molecule has 0 N–H and O–H groups in total. The number of benzene rings is 13. The van der Waals surface area contributed by atoms with E-state index in [0.29, 0.717) is 17.5 Å². The van der Waals surface area contributed by atoms with E-state index in [0.717, 1.165) is 112 Å². The van der Waals surface area contributed by atoms with Gasteiger partial charge < -0.3 is 0 Å². The van der Waals surface area contributed by atoms with Crippen LogP contribution in [-0.4, -0.2) is 39.9 Å². The van der Waals surface area contributed by atoms with Crippen molar-refractivity contribution in [3.63, 3.8) is 0 Å². The first-order valence-corrected chi connectivity index (χ1v) is 44.7. The molecule has 124 heavy (non-hydrogen) atoms. The standard InChI is InChI=1S/C65H60N2S3.C48H30N6/c1-35-41(7)60(42(8)36(2)57(35)54-32-29-51(68-54)48-23-17-14-18-24-48)63-47(13)64(61-43(9)37(3)58(38(4)44(61)10)55-33-30-52(69-55)49-25-19-15-20-26-49)67-65(66-63)62-45(11)39(5)59(40(6)46(62)12)56-34-31-53(70-56)50-27-21-16-22-28-50;1-4-16-31(17-5-1)43-37-22-10-13-25-40(37)49-46(52-43)34-28-35(47-50-41-26-14-11-23-38(41)44(53-47)32-18-6-2-7-19-32)30-36(29-34)48-51-42-27-15-12-24-39(42)45(54-48)33-20-8-3-9-21-33/h14-34H,1-13H3;1-30H. The molecule has 11 heteroatoms. The number of rotatable bonds is 15. The van der Waals surface area contributed by atoms with Crippen molar-refractivity contribution in [2.24, 2.45) is 0 Å². The molecule has 0 unspecified atom stereocenters. The first-order valence-electron chi connectivity index (χ1n) is 42.2. The van der Waals surface area contributed by atoms with Crippen molar-refractivity contribution in [3.8, 4) is 164 Å². The predicted octanol–water partition coefficient (Wildman–Crippen LogP) is 31.2. The topological polar surface area (TPSA) is 103 Å². The summed E-state index contributed by atoms with van der Waals surface area (Å²) in [7, 11) is 0. The number of nitrogens with zero attached hydrogens (tertiary/aromatic N) is 8. The lowest BCUT2D eigenvalue weighted by molar-refractivity contribution is 1.10. The normalized spacial score (nSPS) is 11.4. The molecule has 0 spiro atoms. The lowest BCUT2D eigenvalue weighted by Gasteiger charge is -2.25. The van der Waals surface area contributed by atoms with Gasteiger partial charge in [0.1, 0.15) is 0 Å². The Hall–Kier alpha value is -13.9. The minimum atomic E-state index is 0.587. The van der Waals surface area contributed by atoms with Crippen LogP contribution in [0.15, 0.2) is 309 Å². The Labute approximate surface area is 737 Å². The smallest absolute Gasteiger partial charge is 0.160 e. The second-order valence-electron chi connectivity index (χ2n) is 32.3. The molecule has 0 fully saturated rings. The fourth-order valence-corrected chi connectivity index (χ4v) is 21.5. The highest BCUT2D eigenvalue weighted by atomic mass is 32.1. The summed E-state index contributed by atoms with van der Waals surface area (Å²) in [6.45, 7) is 29.9. The third kappa shape index (κ3) is 14.7. The van der Waals surface area contributed by atoms with Crippen LogP contribution >= 0.6 is 34.0 Å². The quantitative estimate of drug-likeness (QED) is 0.1000. The predicted molar refractivity (Wildman–Crippen MR) is 525 cm³/mol. The molecule has 7 aromatic heterocycles. The van der Waals surface area contributed by atoms with Crippen molar-refractivity contribution in [2.75, 3.05) is 0 Å². The molecule has 0 amide bonds. The minimum absolute atomic E-state index is 0.587. The Morgan fingerprint density at radius 2 is 0.363 bits per heavy atom. The Bertz CT molecular complexity index is 6950. The molecule has 0 aliphatic heterocycles. The highest BCUT2D eigenvalue weighted by Gasteiger charge is 2.30. The van der Waals surface area contributed by atoms with E-state index >= 15 is 0 Å². The molecule has 7 heterocycles. The van der Waals surface area contributed by atoms with Crippen molar-refractivity contribution in [1.29, 1.82) is 0 Å². The molecule has 0 bridgehead atoms. The zero-order chi connectivity index (χ0) is 85.1. The summed E-state index contributed by atoms with van der Waals surface area (Å²) in [5.74, 6) is 2.55.